The quantitative estimate of drug-likeness (QED) is 0.857. The Morgan fingerprint density at radius 3 is 2.61 bits per heavy atom. The van der Waals surface area contributed by atoms with Gasteiger partial charge in [-0.3, -0.25) is 4.79 Å². The molecule has 1 aromatic rings. The number of benzene rings is 1. The lowest BCUT2D eigenvalue weighted by atomic mass is 10.2. The van der Waals surface area contributed by atoms with Gasteiger partial charge < -0.3 is 10.0 Å². The van der Waals surface area contributed by atoms with Crippen LogP contribution in [0.5, 0.6) is 0 Å². The van der Waals surface area contributed by atoms with Crippen molar-refractivity contribution in [2.24, 2.45) is 0 Å². The highest BCUT2D eigenvalue weighted by molar-refractivity contribution is 8.13. The number of likely N-dealkylation sites (N-methyl/N-ethyl adjacent to an activating group) is 1. The zero-order valence-electron chi connectivity index (χ0n) is 10.8. The van der Waals surface area contributed by atoms with E-state index in [1.807, 2.05) is 48.4 Å². The molecule has 0 aliphatic carbocycles. The lowest BCUT2D eigenvalue weighted by Crippen LogP contribution is -2.20. The van der Waals surface area contributed by atoms with Crippen molar-refractivity contribution >= 4 is 28.6 Å². The smallest absolute Gasteiger partial charge is 0.186 e. The van der Waals surface area contributed by atoms with Crippen LogP contribution in [-0.4, -0.2) is 36.2 Å². The molecule has 0 bridgehead atoms. The van der Waals surface area contributed by atoms with Crippen LogP contribution in [0.1, 0.15) is 12.5 Å². The number of hydrogen-bond acceptors (Lipinski definition) is 4. The lowest BCUT2D eigenvalue weighted by molar-refractivity contribution is -0.109. The number of hydrogen-bond donors (Lipinski definition) is 1. The third kappa shape index (κ3) is 5.38. The molecule has 1 N–H and O–H groups in total. The second-order valence-electron chi connectivity index (χ2n) is 3.94. The van der Waals surface area contributed by atoms with Crippen molar-refractivity contribution < 1.29 is 9.90 Å². The number of carbonyl (C=O) groups is 1. The lowest BCUT2D eigenvalue weighted by Gasteiger charge is -2.17. The number of nitrogens with zero attached hydrogens (tertiary/aromatic N) is 1. The molecule has 4 heteroatoms. The number of anilines is 1. The Morgan fingerprint density at radius 2 is 2.06 bits per heavy atom. The molecule has 0 heterocycles. The Hall–Kier alpha value is -1.26. The molecule has 0 unspecified atom stereocenters. The third-order valence-electron chi connectivity index (χ3n) is 2.46. The molecule has 18 heavy (non-hydrogen) atoms. The first-order valence-electron chi connectivity index (χ1n) is 5.85. The van der Waals surface area contributed by atoms with Crippen molar-refractivity contribution in [2.75, 3.05) is 30.9 Å². The average molecular weight is 265 g/mol. The van der Waals surface area contributed by atoms with E-state index >= 15 is 0 Å². The van der Waals surface area contributed by atoms with Gasteiger partial charge in [0, 0.05) is 32.0 Å². The second-order valence-corrected chi connectivity index (χ2v) is 5.14. The van der Waals surface area contributed by atoms with Crippen LogP contribution in [0.4, 0.5) is 5.69 Å². The number of aliphatic hydroxyl groups is 1. The fraction of sp³-hybridized carbons (Fsp3) is 0.357. The van der Waals surface area contributed by atoms with Crippen LogP contribution in [0, 0.1) is 0 Å². The van der Waals surface area contributed by atoms with Gasteiger partial charge in [0.25, 0.3) is 0 Å². The highest BCUT2D eigenvalue weighted by Crippen LogP contribution is 2.14. The average Bonchev–Trinajstić information content (AvgIpc) is 2.35. The summed E-state index contributed by atoms with van der Waals surface area (Å²) in [5.74, 6) is 0.710. The zero-order chi connectivity index (χ0) is 13.4. The molecular formula is C14H19NO2S. The first-order valence-corrected chi connectivity index (χ1v) is 6.84. The monoisotopic (exact) mass is 265 g/mol. The van der Waals surface area contributed by atoms with E-state index in [9.17, 15) is 4.79 Å². The molecule has 98 valence electrons. The summed E-state index contributed by atoms with van der Waals surface area (Å²) in [6.45, 7) is 2.36. The van der Waals surface area contributed by atoms with Gasteiger partial charge in [-0.1, -0.05) is 36.0 Å². The summed E-state index contributed by atoms with van der Waals surface area (Å²) in [5.41, 5.74) is 2.19. The van der Waals surface area contributed by atoms with E-state index in [2.05, 4.69) is 0 Å². The van der Waals surface area contributed by atoms with Gasteiger partial charge in [-0.2, -0.15) is 0 Å². The van der Waals surface area contributed by atoms with E-state index in [1.165, 1.54) is 11.8 Å². The Bertz CT molecular complexity index is 401. The van der Waals surface area contributed by atoms with Crippen LogP contribution in [0.15, 0.2) is 30.3 Å². The molecule has 0 radical (unpaired) electrons. The maximum Gasteiger partial charge on any atom is 0.186 e. The van der Waals surface area contributed by atoms with Gasteiger partial charge in [0.05, 0.1) is 6.61 Å². The van der Waals surface area contributed by atoms with Gasteiger partial charge in [0.1, 0.15) is 0 Å². The van der Waals surface area contributed by atoms with Gasteiger partial charge >= 0.3 is 0 Å². The summed E-state index contributed by atoms with van der Waals surface area (Å²) in [5, 5.41) is 9.00. The fourth-order valence-electron chi connectivity index (χ4n) is 1.47. The maximum atomic E-state index is 10.7. The van der Waals surface area contributed by atoms with Gasteiger partial charge in [0.2, 0.25) is 0 Å². The van der Waals surface area contributed by atoms with Gasteiger partial charge in [-0.15, -0.1) is 0 Å². The minimum absolute atomic E-state index is 0.139. The molecule has 1 rings (SSSR count). The molecule has 0 saturated heterocycles. The van der Waals surface area contributed by atoms with Crippen molar-refractivity contribution in [3.05, 3.63) is 35.9 Å². The van der Waals surface area contributed by atoms with Crippen LogP contribution in [0.25, 0.3) is 6.08 Å². The molecule has 0 aromatic heterocycles. The van der Waals surface area contributed by atoms with Crippen molar-refractivity contribution in [1.82, 2.24) is 0 Å². The standard InChI is InChI=1S/C14H19NO2S/c1-12(17)18-11-3-4-13-5-7-14(8-6-13)15(2)9-10-16/h3-8,16H,9-11H2,1-2H3. The van der Waals surface area contributed by atoms with E-state index in [0.29, 0.717) is 12.3 Å². The molecule has 0 fully saturated rings. The molecule has 0 saturated carbocycles. The summed E-state index contributed by atoms with van der Waals surface area (Å²) in [6.07, 6.45) is 3.99. The number of thioether (sulfide) groups is 1. The van der Waals surface area contributed by atoms with E-state index in [1.54, 1.807) is 6.92 Å². The molecule has 0 aliphatic rings. The van der Waals surface area contributed by atoms with Crippen molar-refractivity contribution in [3.63, 3.8) is 0 Å². The van der Waals surface area contributed by atoms with E-state index < -0.39 is 0 Å². The number of aliphatic hydroxyl groups excluding tert-OH is 1. The van der Waals surface area contributed by atoms with Crippen molar-refractivity contribution in [3.8, 4) is 0 Å². The summed E-state index contributed by atoms with van der Waals surface area (Å²) in [4.78, 5) is 12.7. The van der Waals surface area contributed by atoms with Gasteiger partial charge in [0.15, 0.2) is 5.12 Å². The molecule has 3 nitrogen and oxygen atoms in total. The zero-order valence-corrected chi connectivity index (χ0v) is 11.6. The largest absolute Gasteiger partial charge is 0.395 e. The first kappa shape index (κ1) is 14.8. The van der Waals surface area contributed by atoms with Crippen LogP contribution in [0.2, 0.25) is 0 Å². The van der Waals surface area contributed by atoms with Crippen LogP contribution in [0.3, 0.4) is 0 Å². The van der Waals surface area contributed by atoms with Crippen molar-refractivity contribution in [1.29, 1.82) is 0 Å². The van der Waals surface area contributed by atoms with E-state index in [0.717, 1.165) is 11.3 Å². The highest BCUT2D eigenvalue weighted by Gasteiger charge is 1.98. The van der Waals surface area contributed by atoms with E-state index in [-0.39, 0.29) is 11.7 Å². The SMILES string of the molecule is CC(=O)SCC=Cc1ccc(N(C)CCO)cc1. The van der Waals surface area contributed by atoms with Crippen LogP contribution >= 0.6 is 11.8 Å². The fourth-order valence-corrected chi connectivity index (χ4v) is 1.90. The minimum atomic E-state index is 0.139. The predicted octanol–water partition coefficient (Wildman–Crippen LogP) is 2.41. The molecule has 0 aliphatic heterocycles. The second kappa shape index (κ2) is 7.95. The summed E-state index contributed by atoms with van der Waals surface area (Å²) in [7, 11) is 1.95. The number of carbonyl (C=O) groups excluding carboxylic acids is 1. The summed E-state index contributed by atoms with van der Waals surface area (Å²) >= 11 is 1.30. The normalized spacial score (nSPS) is 10.8. The minimum Gasteiger partial charge on any atom is -0.395 e. The molecule has 0 atom stereocenters. The summed E-state index contributed by atoms with van der Waals surface area (Å²) in [6, 6.07) is 8.09. The Balaban J connectivity index is 2.52. The molecule has 0 spiro atoms. The molecule has 0 amide bonds. The van der Waals surface area contributed by atoms with Gasteiger partial charge in [-0.05, 0) is 17.7 Å². The number of rotatable bonds is 6. The topological polar surface area (TPSA) is 40.5 Å². The predicted molar refractivity (Wildman–Crippen MR) is 79.0 cm³/mol. The first-order chi connectivity index (χ1) is 8.63. The molecule has 1 aromatic carbocycles. The van der Waals surface area contributed by atoms with Crippen molar-refractivity contribution in [2.45, 2.75) is 6.92 Å². The van der Waals surface area contributed by atoms with E-state index in [4.69, 9.17) is 5.11 Å². The Morgan fingerprint density at radius 1 is 1.39 bits per heavy atom. The van der Waals surface area contributed by atoms with Crippen LogP contribution < -0.4 is 4.90 Å². The highest BCUT2D eigenvalue weighted by atomic mass is 32.2. The summed E-state index contributed by atoms with van der Waals surface area (Å²) < 4.78 is 0. The van der Waals surface area contributed by atoms with Crippen LogP contribution in [-0.2, 0) is 4.79 Å². The third-order valence-corrected chi connectivity index (χ3v) is 3.23. The van der Waals surface area contributed by atoms with Gasteiger partial charge in [-0.25, -0.2) is 0 Å². The molecular weight excluding hydrogens is 246 g/mol. The maximum absolute atomic E-state index is 10.7. The Labute approximate surface area is 113 Å². The Kier molecular flexibility index (Phi) is 6.54.